The van der Waals surface area contributed by atoms with E-state index in [-0.39, 0.29) is 30.2 Å². The lowest BCUT2D eigenvalue weighted by Crippen LogP contribution is -2.45. The maximum atomic E-state index is 11.5. The lowest BCUT2D eigenvalue weighted by atomic mass is 9.94. The minimum atomic E-state index is -3.01. The molecule has 1 aliphatic rings. The Balaban J connectivity index is 2.58. The van der Waals surface area contributed by atoms with E-state index in [2.05, 4.69) is 10.3 Å². The van der Waals surface area contributed by atoms with E-state index in [4.69, 9.17) is 5.73 Å². The number of nitrogens with zero attached hydrogens (tertiary/aromatic N) is 1. The molecule has 0 aromatic heterocycles. The normalized spacial score (nSPS) is 26.0. The molecule has 1 aliphatic heterocycles. The summed E-state index contributed by atoms with van der Waals surface area (Å²) in [6.45, 7) is 2.14. The average Bonchev–Trinajstić information content (AvgIpc) is 2.26. The van der Waals surface area contributed by atoms with Crippen LogP contribution in [0.3, 0.4) is 0 Å². The van der Waals surface area contributed by atoms with Crippen LogP contribution in [0.2, 0.25) is 0 Å². The van der Waals surface area contributed by atoms with Gasteiger partial charge in [0.25, 0.3) is 0 Å². The van der Waals surface area contributed by atoms with Crippen molar-refractivity contribution in [1.82, 2.24) is 5.32 Å². The van der Waals surface area contributed by atoms with Gasteiger partial charge in [0.2, 0.25) is 0 Å². The summed E-state index contributed by atoms with van der Waals surface area (Å²) in [7, 11) is -3.01. The third kappa shape index (κ3) is 5.98. The molecule has 0 radical (unpaired) electrons. The van der Waals surface area contributed by atoms with Crippen molar-refractivity contribution in [3.05, 3.63) is 11.8 Å². The summed E-state index contributed by atoms with van der Waals surface area (Å²) in [5, 5.41) is 3.28. The van der Waals surface area contributed by atoms with Gasteiger partial charge >= 0.3 is 0 Å². The van der Waals surface area contributed by atoms with Crippen molar-refractivity contribution in [2.24, 2.45) is 10.7 Å². The zero-order valence-electron chi connectivity index (χ0n) is 11.3. The summed E-state index contributed by atoms with van der Waals surface area (Å²) in [6.07, 6.45) is 5.05. The predicted molar refractivity (Wildman–Crippen MR) is 76.0 cm³/mol. The van der Waals surface area contributed by atoms with E-state index >= 15 is 0 Å². The number of nitrogens with one attached hydrogen (secondary N) is 1. The van der Waals surface area contributed by atoms with Gasteiger partial charge in [-0.15, -0.1) is 0 Å². The molecule has 6 nitrogen and oxygen atoms in total. The number of sulfone groups is 1. The molecule has 0 bridgehead atoms. The number of carbonyl (C=O) groups excluding carboxylic acids is 1. The van der Waals surface area contributed by atoms with Gasteiger partial charge < -0.3 is 11.1 Å². The summed E-state index contributed by atoms with van der Waals surface area (Å²) in [6, 6.07) is -0.0196. The van der Waals surface area contributed by atoms with Gasteiger partial charge in [0.05, 0.1) is 12.3 Å². The van der Waals surface area contributed by atoms with E-state index in [1.807, 2.05) is 6.92 Å². The van der Waals surface area contributed by atoms with Crippen LogP contribution in [-0.4, -0.2) is 51.1 Å². The first-order valence-corrected chi connectivity index (χ1v) is 8.25. The van der Waals surface area contributed by atoms with Crippen molar-refractivity contribution in [3.8, 4) is 0 Å². The molecule has 2 unspecified atom stereocenters. The first kappa shape index (κ1) is 15.8. The molecule has 1 rings (SSSR count). The number of rotatable bonds is 5. The van der Waals surface area contributed by atoms with E-state index < -0.39 is 9.84 Å². The molecule has 3 N–H and O–H groups in total. The predicted octanol–water partition coefficient (Wildman–Crippen LogP) is -0.346. The molecular formula is C12H21N3O3S. The Hall–Kier alpha value is -1.21. The lowest BCUT2D eigenvalue weighted by Gasteiger charge is -2.28. The Morgan fingerprint density at radius 3 is 2.74 bits per heavy atom. The number of aliphatic imine (C=N–C) groups is 1. The van der Waals surface area contributed by atoms with E-state index in [0.717, 1.165) is 0 Å². The molecule has 0 aliphatic carbocycles. The SMILES string of the molecule is CC1CC(=O)CC(/C(C=NCCS(C)(=O)=O)=C/N)N1. The quantitative estimate of drug-likeness (QED) is 0.673. The largest absolute Gasteiger partial charge is 0.404 e. The minimum absolute atomic E-state index is 0.00871. The lowest BCUT2D eigenvalue weighted by molar-refractivity contribution is -0.121. The van der Waals surface area contributed by atoms with Gasteiger partial charge in [-0.05, 0) is 6.92 Å². The van der Waals surface area contributed by atoms with Crippen molar-refractivity contribution < 1.29 is 13.2 Å². The average molecular weight is 287 g/mol. The zero-order chi connectivity index (χ0) is 14.5. The highest BCUT2D eigenvalue weighted by Crippen LogP contribution is 2.14. The van der Waals surface area contributed by atoms with Crippen LogP contribution in [0.5, 0.6) is 0 Å². The summed E-state index contributed by atoms with van der Waals surface area (Å²) in [4.78, 5) is 15.6. The van der Waals surface area contributed by atoms with Gasteiger partial charge in [0, 0.05) is 49.2 Å². The summed E-state index contributed by atoms with van der Waals surface area (Å²) >= 11 is 0. The highest BCUT2D eigenvalue weighted by molar-refractivity contribution is 7.90. The Kier molecular flexibility index (Phi) is 5.68. The number of hydrogen-bond donors (Lipinski definition) is 2. The fourth-order valence-electron chi connectivity index (χ4n) is 1.97. The van der Waals surface area contributed by atoms with Gasteiger partial charge in [-0.3, -0.25) is 9.79 Å². The number of piperidine rings is 1. The molecule has 7 heteroatoms. The number of carbonyl (C=O) groups is 1. The molecule has 0 amide bonds. The van der Waals surface area contributed by atoms with Crippen LogP contribution in [0.15, 0.2) is 16.8 Å². The van der Waals surface area contributed by atoms with E-state index in [0.29, 0.717) is 18.4 Å². The standard InChI is InChI=1S/C12H21N3O3S/c1-9-5-11(16)6-12(15-9)10(7-13)8-14-3-4-19(2,17)18/h7-9,12,15H,3-6,13H2,1-2H3/b10-7+,14-8?. The number of Topliss-reactive ketones (excluding diaryl/α,β-unsaturated/α-hetero) is 1. The van der Waals surface area contributed by atoms with Crippen LogP contribution < -0.4 is 11.1 Å². The first-order valence-electron chi connectivity index (χ1n) is 6.19. The van der Waals surface area contributed by atoms with Gasteiger partial charge in [-0.1, -0.05) is 0 Å². The Morgan fingerprint density at radius 2 is 2.21 bits per heavy atom. The van der Waals surface area contributed by atoms with E-state index in [1.165, 1.54) is 12.5 Å². The first-order chi connectivity index (χ1) is 8.81. The van der Waals surface area contributed by atoms with Crippen molar-refractivity contribution in [2.45, 2.75) is 31.8 Å². The topological polar surface area (TPSA) is 102 Å². The highest BCUT2D eigenvalue weighted by Gasteiger charge is 2.25. The third-order valence-corrected chi connectivity index (χ3v) is 3.80. The smallest absolute Gasteiger partial charge is 0.149 e. The Bertz CT molecular complexity index is 482. The van der Waals surface area contributed by atoms with Crippen molar-refractivity contribution in [2.75, 3.05) is 18.6 Å². The van der Waals surface area contributed by atoms with Gasteiger partial charge in [0.1, 0.15) is 15.6 Å². The number of ketones is 1. The molecular weight excluding hydrogens is 266 g/mol. The molecule has 0 spiro atoms. The fourth-order valence-corrected chi connectivity index (χ4v) is 2.40. The maximum Gasteiger partial charge on any atom is 0.149 e. The van der Waals surface area contributed by atoms with Crippen molar-refractivity contribution in [1.29, 1.82) is 0 Å². The summed E-state index contributed by atoms with van der Waals surface area (Å²) in [5.41, 5.74) is 6.26. The van der Waals surface area contributed by atoms with Crippen molar-refractivity contribution in [3.63, 3.8) is 0 Å². The second-order valence-electron chi connectivity index (χ2n) is 4.90. The van der Waals surface area contributed by atoms with Gasteiger partial charge in [-0.2, -0.15) is 0 Å². The third-order valence-electron chi connectivity index (χ3n) is 2.88. The van der Waals surface area contributed by atoms with Crippen LogP contribution in [0, 0.1) is 0 Å². The van der Waals surface area contributed by atoms with E-state index in [9.17, 15) is 13.2 Å². The molecule has 2 atom stereocenters. The summed E-state index contributed by atoms with van der Waals surface area (Å²) < 4.78 is 21.9. The number of nitrogens with two attached hydrogens (primary N) is 1. The van der Waals surface area contributed by atoms with Crippen molar-refractivity contribution >= 4 is 21.8 Å². The molecule has 0 saturated carbocycles. The maximum absolute atomic E-state index is 11.5. The molecule has 1 heterocycles. The van der Waals surface area contributed by atoms with Gasteiger partial charge in [0.15, 0.2) is 0 Å². The zero-order valence-corrected chi connectivity index (χ0v) is 12.1. The van der Waals surface area contributed by atoms with Crippen LogP contribution in [0.4, 0.5) is 0 Å². The molecule has 0 aromatic carbocycles. The molecule has 19 heavy (non-hydrogen) atoms. The summed E-state index contributed by atoms with van der Waals surface area (Å²) in [5.74, 6) is 0.203. The minimum Gasteiger partial charge on any atom is -0.404 e. The van der Waals surface area contributed by atoms with E-state index in [1.54, 1.807) is 6.21 Å². The molecule has 108 valence electrons. The highest BCUT2D eigenvalue weighted by atomic mass is 32.2. The molecule has 0 aromatic rings. The van der Waals surface area contributed by atoms with Crippen LogP contribution in [0.1, 0.15) is 19.8 Å². The number of hydrogen-bond acceptors (Lipinski definition) is 6. The Labute approximate surface area is 114 Å². The van der Waals surface area contributed by atoms with Gasteiger partial charge in [-0.25, -0.2) is 8.42 Å². The second kappa shape index (κ2) is 6.81. The molecule has 1 saturated heterocycles. The monoisotopic (exact) mass is 287 g/mol. The second-order valence-corrected chi connectivity index (χ2v) is 7.16. The van der Waals surface area contributed by atoms with Crippen LogP contribution in [-0.2, 0) is 14.6 Å². The van der Waals surface area contributed by atoms with Crippen LogP contribution in [0.25, 0.3) is 0 Å². The molecule has 1 fully saturated rings. The van der Waals surface area contributed by atoms with Crippen LogP contribution >= 0.6 is 0 Å². The Morgan fingerprint density at radius 1 is 1.53 bits per heavy atom. The fraction of sp³-hybridized carbons (Fsp3) is 0.667.